The largest absolute Gasteiger partial charge is 0.474 e. The van der Waals surface area contributed by atoms with Crippen molar-refractivity contribution in [3.8, 4) is 17.0 Å². The molecule has 186 valence electrons. The van der Waals surface area contributed by atoms with Gasteiger partial charge in [0.25, 0.3) is 0 Å². The Hall–Kier alpha value is -3.37. The number of carbonyl (C=O) groups excluding carboxylic acids is 1. The fourth-order valence-corrected chi connectivity index (χ4v) is 4.49. The zero-order chi connectivity index (χ0) is 24.0. The summed E-state index contributed by atoms with van der Waals surface area (Å²) in [6.07, 6.45) is 3.47. The van der Waals surface area contributed by atoms with Crippen molar-refractivity contribution >= 4 is 46.5 Å². The highest BCUT2D eigenvalue weighted by Crippen LogP contribution is 2.40. The molecule has 0 saturated heterocycles. The van der Waals surface area contributed by atoms with E-state index in [1.54, 1.807) is 25.4 Å². The molecule has 3 heterocycles. The van der Waals surface area contributed by atoms with E-state index >= 15 is 4.39 Å². The van der Waals surface area contributed by atoms with Crippen LogP contribution in [-0.2, 0) is 9.47 Å². The number of aromatic nitrogens is 2. The minimum absolute atomic E-state index is 0. The molecule has 1 aliphatic heterocycles. The number of carbonyl (C=O) groups is 1. The summed E-state index contributed by atoms with van der Waals surface area (Å²) >= 11 is 0. The molecule has 1 saturated carbocycles. The molecule has 1 fully saturated rings. The number of ether oxygens (including phenoxy) is 3. The van der Waals surface area contributed by atoms with Crippen molar-refractivity contribution in [2.45, 2.75) is 38.4 Å². The van der Waals surface area contributed by atoms with Gasteiger partial charge in [-0.15, -0.1) is 12.4 Å². The molecule has 0 unspecified atom stereocenters. The number of methoxy groups -OCH3 is 1. The van der Waals surface area contributed by atoms with Gasteiger partial charge in [-0.25, -0.2) is 19.2 Å². The molecule has 3 aromatic rings. The number of nitrogens with two attached hydrogens (primary N) is 1. The highest BCUT2D eigenvalue weighted by Gasteiger charge is 2.43. The lowest BCUT2D eigenvalue weighted by Crippen LogP contribution is -2.48. The summed E-state index contributed by atoms with van der Waals surface area (Å²) < 4.78 is 31.7. The van der Waals surface area contributed by atoms with Gasteiger partial charge in [-0.1, -0.05) is 0 Å². The predicted octanol–water partition coefficient (Wildman–Crippen LogP) is 4.67. The summed E-state index contributed by atoms with van der Waals surface area (Å²) in [6, 6.07) is 3.31. The van der Waals surface area contributed by atoms with Gasteiger partial charge in [0.15, 0.2) is 5.82 Å². The van der Waals surface area contributed by atoms with Crippen molar-refractivity contribution in [1.82, 2.24) is 9.97 Å². The average Bonchev–Trinajstić information content (AvgIpc) is 2.81. The van der Waals surface area contributed by atoms with Gasteiger partial charge in [0.05, 0.1) is 11.3 Å². The van der Waals surface area contributed by atoms with Crippen LogP contribution in [0.25, 0.3) is 21.9 Å². The Labute approximate surface area is 208 Å². The van der Waals surface area contributed by atoms with Gasteiger partial charge >= 0.3 is 6.09 Å². The van der Waals surface area contributed by atoms with E-state index in [0.29, 0.717) is 53.8 Å². The van der Waals surface area contributed by atoms with Crippen LogP contribution < -0.4 is 21.1 Å². The molecule has 5 rings (SSSR count). The number of benzene rings is 1. The van der Waals surface area contributed by atoms with Gasteiger partial charge < -0.3 is 25.3 Å². The Balaban J connectivity index is 0.00000289. The fourth-order valence-electron chi connectivity index (χ4n) is 4.49. The molecular formula is C24H27ClFN5O4. The third-order valence-corrected chi connectivity index (χ3v) is 6.55. The molecule has 2 aromatic heterocycles. The van der Waals surface area contributed by atoms with Gasteiger partial charge in [-0.05, 0) is 36.9 Å². The van der Waals surface area contributed by atoms with Gasteiger partial charge in [0.1, 0.15) is 24.2 Å². The van der Waals surface area contributed by atoms with Crippen LogP contribution in [0.3, 0.4) is 0 Å². The third kappa shape index (κ3) is 4.51. The highest BCUT2D eigenvalue weighted by atomic mass is 35.5. The first-order valence-electron chi connectivity index (χ1n) is 11.0. The van der Waals surface area contributed by atoms with Crippen LogP contribution in [-0.4, -0.2) is 48.0 Å². The Bertz CT molecular complexity index is 1300. The second-order valence-corrected chi connectivity index (χ2v) is 8.91. The van der Waals surface area contributed by atoms with E-state index in [1.165, 1.54) is 6.20 Å². The van der Waals surface area contributed by atoms with E-state index in [4.69, 9.17) is 19.9 Å². The summed E-state index contributed by atoms with van der Waals surface area (Å²) in [7, 11) is 1.64. The van der Waals surface area contributed by atoms with Crippen LogP contribution in [0.15, 0.2) is 24.5 Å². The van der Waals surface area contributed by atoms with Crippen molar-refractivity contribution in [3.05, 3.63) is 35.9 Å². The number of amides is 1. The van der Waals surface area contributed by atoms with E-state index in [9.17, 15) is 4.79 Å². The topological polar surface area (TPSA) is 121 Å². The van der Waals surface area contributed by atoms with E-state index in [2.05, 4.69) is 20.6 Å². The molecule has 0 radical (unpaired) electrons. The Morgan fingerprint density at radius 2 is 2.06 bits per heavy atom. The van der Waals surface area contributed by atoms with E-state index in [-0.39, 0.29) is 35.6 Å². The van der Waals surface area contributed by atoms with Crippen molar-refractivity contribution < 1.29 is 23.4 Å². The van der Waals surface area contributed by atoms with E-state index in [1.807, 2.05) is 13.8 Å². The minimum Gasteiger partial charge on any atom is -0.474 e. The van der Waals surface area contributed by atoms with Crippen molar-refractivity contribution in [3.63, 3.8) is 0 Å². The Kier molecular flexibility index (Phi) is 6.61. The zero-order valence-electron chi connectivity index (χ0n) is 19.6. The first-order chi connectivity index (χ1) is 16.3. The molecule has 0 spiro atoms. The number of anilines is 3. The Morgan fingerprint density at radius 3 is 2.80 bits per heavy atom. The quantitative estimate of drug-likeness (QED) is 0.439. The number of halogens is 2. The molecule has 35 heavy (non-hydrogen) atoms. The van der Waals surface area contributed by atoms with Crippen molar-refractivity contribution in [2.24, 2.45) is 0 Å². The smallest absolute Gasteiger partial charge is 0.413 e. The molecule has 0 atom stereocenters. The first-order valence-corrected chi connectivity index (χ1v) is 11.0. The summed E-state index contributed by atoms with van der Waals surface area (Å²) in [6.45, 7) is 5.01. The van der Waals surface area contributed by atoms with E-state index in [0.717, 1.165) is 11.3 Å². The maximum absolute atomic E-state index is 15.3. The molecule has 11 heteroatoms. The molecule has 9 nitrogen and oxygen atoms in total. The zero-order valence-corrected chi connectivity index (χ0v) is 20.4. The normalized spacial score (nSPS) is 20.5. The molecule has 1 aliphatic carbocycles. The summed E-state index contributed by atoms with van der Waals surface area (Å²) in [5, 5.41) is 6.96. The minimum atomic E-state index is -0.605. The average molecular weight is 504 g/mol. The van der Waals surface area contributed by atoms with Gasteiger partial charge in [0.2, 0.25) is 5.88 Å². The standard InChI is InChI=1S/C24H26FN5O4.ClH/c1-12-16(10-29-22-21(12)27-4-5-33-22)15-6-13-7-18(28-11-17(13)20(26)19(15)25)30-23(31)34-14-8-24(2,9-14)32-3;/h6-7,10-11,14,27H,4-5,8-9,26H2,1-3H3,(H,28,30,31);1H. The molecule has 1 amide bonds. The maximum atomic E-state index is 15.3. The molecule has 1 aromatic carbocycles. The van der Waals surface area contributed by atoms with Gasteiger partial charge in [0, 0.05) is 55.4 Å². The van der Waals surface area contributed by atoms with E-state index < -0.39 is 11.9 Å². The number of nitrogens with one attached hydrogen (secondary N) is 2. The van der Waals surface area contributed by atoms with Crippen LogP contribution in [0.4, 0.5) is 26.4 Å². The monoisotopic (exact) mass is 503 g/mol. The summed E-state index contributed by atoms with van der Waals surface area (Å²) in [5.74, 6) is 0.217. The molecule has 2 aliphatic rings. The first kappa shape index (κ1) is 24.7. The SMILES string of the molecule is COC1(C)CC(OC(=O)Nc2cc3cc(-c4cnc5c(c4C)NCCO5)c(F)c(N)c3cn2)C1.Cl. The molecule has 0 bridgehead atoms. The van der Waals surface area contributed by atoms with Crippen molar-refractivity contribution in [1.29, 1.82) is 0 Å². The van der Waals surface area contributed by atoms with Crippen molar-refractivity contribution in [2.75, 3.05) is 36.6 Å². The van der Waals surface area contributed by atoms with Crippen LogP contribution in [0.1, 0.15) is 25.3 Å². The highest BCUT2D eigenvalue weighted by molar-refractivity contribution is 5.99. The van der Waals surface area contributed by atoms with Crippen LogP contribution in [0, 0.1) is 12.7 Å². The third-order valence-electron chi connectivity index (χ3n) is 6.55. The predicted molar refractivity (Wildman–Crippen MR) is 134 cm³/mol. The second kappa shape index (κ2) is 9.35. The van der Waals surface area contributed by atoms with Gasteiger partial charge in [-0.2, -0.15) is 0 Å². The van der Waals surface area contributed by atoms with Crippen LogP contribution in [0.5, 0.6) is 5.88 Å². The Morgan fingerprint density at radius 1 is 1.29 bits per heavy atom. The lowest BCUT2D eigenvalue weighted by molar-refractivity contribution is -0.124. The fraction of sp³-hybridized carbons (Fsp3) is 0.375. The summed E-state index contributed by atoms with van der Waals surface area (Å²) in [4.78, 5) is 20.9. The number of pyridine rings is 2. The van der Waals surface area contributed by atoms with Gasteiger partial charge in [-0.3, -0.25) is 5.32 Å². The summed E-state index contributed by atoms with van der Waals surface area (Å²) in [5.41, 5.74) is 8.29. The van der Waals surface area contributed by atoms with Crippen LogP contribution >= 0.6 is 12.4 Å². The maximum Gasteiger partial charge on any atom is 0.413 e. The second-order valence-electron chi connectivity index (χ2n) is 8.91. The number of hydrogen-bond donors (Lipinski definition) is 3. The number of hydrogen-bond acceptors (Lipinski definition) is 8. The number of nitrogens with zero attached hydrogens (tertiary/aromatic N) is 2. The lowest BCUT2D eigenvalue weighted by atomic mass is 9.79. The van der Waals surface area contributed by atoms with Crippen LogP contribution in [0.2, 0.25) is 0 Å². The molecule has 4 N–H and O–H groups in total. The number of fused-ring (bicyclic) bond motifs is 2. The molecular weight excluding hydrogens is 477 g/mol. The number of rotatable bonds is 4. The lowest BCUT2D eigenvalue weighted by Gasteiger charge is -2.42. The number of nitrogen functional groups attached to an aromatic ring is 1.